The summed E-state index contributed by atoms with van der Waals surface area (Å²) < 4.78 is 26.0. The highest BCUT2D eigenvalue weighted by atomic mass is 35.5. The molecule has 0 aromatic heterocycles. The number of aliphatic hydroxyl groups excluding tert-OH is 1. The van der Waals surface area contributed by atoms with Gasteiger partial charge in [-0.25, -0.2) is 8.78 Å². The summed E-state index contributed by atoms with van der Waals surface area (Å²) in [5.74, 6) is -0.879. The first-order valence-corrected chi connectivity index (χ1v) is 5.82. The maximum absolute atomic E-state index is 13.2. The number of benzene rings is 2. The monoisotopic (exact) mass is 268 g/mol. The molecule has 0 amide bonds. The molecule has 2 aromatic carbocycles. The van der Waals surface area contributed by atoms with E-state index in [1.165, 1.54) is 36.4 Å². The van der Waals surface area contributed by atoms with Crippen molar-refractivity contribution < 1.29 is 13.9 Å². The van der Waals surface area contributed by atoms with Crippen LogP contribution in [0.2, 0.25) is 5.02 Å². The lowest BCUT2D eigenvalue weighted by Crippen LogP contribution is -2.03. The van der Waals surface area contributed by atoms with Crippen LogP contribution >= 0.6 is 11.6 Å². The minimum Gasteiger partial charge on any atom is -0.388 e. The first kappa shape index (κ1) is 13.0. The van der Waals surface area contributed by atoms with Crippen LogP contribution in [0.4, 0.5) is 8.78 Å². The summed E-state index contributed by atoms with van der Waals surface area (Å²) in [6.45, 7) is 0. The lowest BCUT2D eigenvalue weighted by molar-refractivity contribution is 0.178. The highest BCUT2D eigenvalue weighted by molar-refractivity contribution is 6.31. The molecule has 0 aliphatic rings. The van der Waals surface area contributed by atoms with Crippen molar-refractivity contribution in [2.24, 2.45) is 0 Å². The Bertz CT molecular complexity index is 540. The maximum Gasteiger partial charge on any atom is 0.142 e. The molecule has 1 N–H and O–H groups in total. The second-order valence-corrected chi connectivity index (χ2v) is 4.36. The number of rotatable bonds is 3. The van der Waals surface area contributed by atoms with Gasteiger partial charge in [0.25, 0.3) is 0 Å². The third kappa shape index (κ3) is 2.86. The molecular formula is C14H11ClF2O. The van der Waals surface area contributed by atoms with Gasteiger partial charge in [0.1, 0.15) is 11.6 Å². The largest absolute Gasteiger partial charge is 0.388 e. The van der Waals surface area contributed by atoms with Crippen molar-refractivity contribution in [3.8, 4) is 0 Å². The summed E-state index contributed by atoms with van der Waals surface area (Å²) in [7, 11) is 0. The molecule has 0 aliphatic heterocycles. The second kappa shape index (κ2) is 5.46. The Labute approximate surface area is 109 Å². The van der Waals surface area contributed by atoms with Gasteiger partial charge >= 0.3 is 0 Å². The molecule has 2 rings (SSSR count). The highest BCUT2D eigenvalue weighted by Crippen LogP contribution is 2.25. The molecule has 1 unspecified atom stereocenters. The Morgan fingerprint density at radius 1 is 1.06 bits per heavy atom. The van der Waals surface area contributed by atoms with Crippen LogP contribution in [0.3, 0.4) is 0 Å². The smallest absolute Gasteiger partial charge is 0.142 e. The Kier molecular flexibility index (Phi) is 3.94. The fraction of sp³-hybridized carbons (Fsp3) is 0.143. The fourth-order valence-electron chi connectivity index (χ4n) is 1.72. The molecular weight excluding hydrogens is 258 g/mol. The van der Waals surface area contributed by atoms with Gasteiger partial charge in [0, 0.05) is 6.42 Å². The minimum atomic E-state index is -0.843. The van der Waals surface area contributed by atoms with Crippen LogP contribution in [0, 0.1) is 11.6 Å². The first-order chi connectivity index (χ1) is 8.58. The number of hydrogen-bond acceptors (Lipinski definition) is 1. The van der Waals surface area contributed by atoms with E-state index in [4.69, 9.17) is 11.6 Å². The molecule has 0 fully saturated rings. The molecule has 0 bridgehead atoms. The number of halogens is 3. The van der Waals surface area contributed by atoms with Crippen molar-refractivity contribution >= 4 is 11.6 Å². The third-order valence-corrected chi connectivity index (χ3v) is 3.12. The topological polar surface area (TPSA) is 20.2 Å². The predicted molar refractivity (Wildman–Crippen MR) is 66.5 cm³/mol. The van der Waals surface area contributed by atoms with Gasteiger partial charge in [-0.1, -0.05) is 35.9 Å². The summed E-state index contributed by atoms with van der Waals surface area (Å²) in [5.41, 5.74) is 1.09. The second-order valence-electron chi connectivity index (χ2n) is 3.98. The van der Waals surface area contributed by atoms with Crippen LogP contribution in [0.1, 0.15) is 17.2 Å². The fourth-order valence-corrected chi connectivity index (χ4v) is 1.92. The number of aliphatic hydroxyl groups is 1. The van der Waals surface area contributed by atoms with Gasteiger partial charge in [0.2, 0.25) is 0 Å². The predicted octanol–water partition coefficient (Wildman–Crippen LogP) is 3.89. The van der Waals surface area contributed by atoms with Crippen LogP contribution in [0.5, 0.6) is 0 Å². The van der Waals surface area contributed by atoms with E-state index in [0.717, 1.165) is 0 Å². The number of hydrogen-bond donors (Lipinski definition) is 1. The van der Waals surface area contributed by atoms with Gasteiger partial charge in [0.05, 0.1) is 11.1 Å². The molecule has 1 nitrogen and oxygen atoms in total. The van der Waals surface area contributed by atoms with E-state index < -0.39 is 11.9 Å². The van der Waals surface area contributed by atoms with Crippen molar-refractivity contribution in [3.05, 3.63) is 70.2 Å². The summed E-state index contributed by atoms with van der Waals surface area (Å²) in [6, 6.07) is 9.97. The Balaban J connectivity index is 2.18. The Morgan fingerprint density at radius 2 is 1.72 bits per heavy atom. The molecule has 1 atom stereocenters. The van der Waals surface area contributed by atoms with Crippen LogP contribution in [0.25, 0.3) is 0 Å². The van der Waals surface area contributed by atoms with Crippen molar-refractivity contribution in [2.75, 3.05) is 0 Å². The zero-order valence-electron chi connectivity index (χ0n) is 9.41. The van der Waals surface area contributed by atoms with E-state index >= 15 is 0 Å². The van der Waals surface area contributed by atoms with Gasteiger partial charge in [-0.3, -0.25) is 0 Å². The Hall–Kier alpha value is -1.45. The van der Waals surface area contributed by atoms with E-state index in [1.54, 1.807) is 6.07 Å². The van der Waals surface area contributed by atoms with Crippen LogP contribution < -0.4 is 0 Å². The quantitative estimate of drug-likeness (QED) is 0.895. The molecule has 94 valence electrons. The molecule has 0 aliphatic carbocycles. The zero-order valence-corrected chi connectivity index (χ0v) is 10.2. The highest BCUT2D eigenvalue weighted by Gasteiger charge is 2.12. The molecule has 0 radical (unpaired) electrons. The van der Waals surface area contributed by atoms with E-state index in [0.29, 0.717) is 11.1 Å². The van der Waals surface area contributed by atoms with Gasteiger partial charge < -0.3 is 5.11 Å². The average molecular weight is 269 g/mol. The van der Waals surface area contributed by atoms with E-state index in [2.05, 4.69) is 0 Å². The standard InChI is InChI=1S/C14H11ClF2O/c15-14-10(2-1-3-12(14)17)8-13(18)9-4-6-11(16)7-5-9/h1-7,13,18H,8H2. The zero-order chi connectivity index (χ0) is 13.1. The molecule has 2 aromatic rings. The summed E-state index contributed by atoms with van der Waals surface area (Å²) in [6.07, 6.45) is -0.660. The van der Waals surface area contributed by atoms with Crippen molar-refractivity contribution in [1.29, 1.82) is 0 Å². The molecule has 4 heteroatoms. The SMILES string of the molecule is OC(Cc1cccc(F)c1Cl)c1ccc(F)cc1. The maximum atomic E-state index is 13.2. The van der Waals surface area contributed by atoms with Crippen molar-refractivity contribution in [2.45, 2.75) is 12.5 Å². The molecule has 18 heavy (non-hydrogen) atoms. The first-order valence-electron chi connectivity index (χ1n) is 5.44. The van der Waals surface area contributed by atoms with Gasteiger partial charge in [-0.05, 0) is 29.3 Å². The normalized spacial score (nSPS) is 12.4. The molecule has 0 spiro atoms. The van der Waals surface area contributed by atoms with E-state index in [1.807, 2.05) is 0 Å². The Morgan fingerprint density at radius 3 is 2.39 bits per heavy atom. The average Bonchev–Trinajstić information content (AvgIpc) is 2.36. The van der Waals surface area contributed by atoms with Crippen molar-refractivity contribution in [3.63, 3.8) is 0 Å². The van der Waals surface area contributed by atoms with Gasteiger partial charge in [0.15, 0.2) is 0 Å². The van der Waals surface area contributed by atoms with Crippen LogP contribution in [-0.2, 0) is 6.42 Å². The third-order valence-electron chi connectivity index (χ3n) is 2.70. The molecule has 0 heterocycles. The van der Waals surface area contributed by atoms with Gasteiger partial charge in [-0.15, -0.1) is 0 Å². The lowest BCUT2D eigenvalue weighted by Gasteiger charge is -2.12. The van der Waals surface area contributed by atoms with Crippen molar-refractivity contribution in [1.82, 2.24) is 0 Å². The van der Waals surface area contributed by atoms with Crippen LogP contribution in [-0.4, -0.2) is 5.11 Å². The summed E-state index contributed by atoms with van der Waals surface area (Å²) in [4.78, 5) is 0. The molecule has 0 saturated carbocycles. The summed E-state index contributed by atoms with van der Waals surface area (Å²) in [5, 5.41) is 9.99. The minimum absolute atomic E-state index is 0.0126. The van der Waals surface area contributed by atoms with E-state index in [9.17, 15) is 13.9 Å². The molecule has 0 saturated heterocycles. The van der Waals surface area contributed by atoms with Gasteiger partial charge in [-0.2, -0.15) is 0 Å². The van der Waals surface area contributed by atoms with Crippen LogP contribution in [0.15, 0.2) is 42.5 Å². The summed E-state index contributed by atoms with van der Waals surface area (Å²) >= 11 is 5.80. The van der Waals surface area contributed by atoms with E-state index in [-0.39, 0.29) is 17.3 Å². The lowest BCUT2D eigenvalue weighted by atomic mass is 10.0.